The zero-order valence-electron chi connectivity index (χ0n) is 16.7. The predicted octanol–water partition coefficient (Wildman–Crippen LogP) is 2.44. The first kappa shape index (κ1) is 23.1. The maximum Gasteiger partial charge on any atom is 0.191 e. The molecule has 0 fully saturated rings. The van der Waals surface area contributed by atoms with Crippen molar-refractivity contribution < 1.29 is 5.11 Å². The largest absolute Gasteiger partial charge is 0.388 e. The molecule has 150 valence electrons. The van der Waals surface area contributed by atoms with Crippen molar-refractivity contribution >= 4 is 29.9 Å². The molecule has 26 heavy (non-hydrogen) atoms. The van der Waals surface area contributed by atoms with Gasteiger partial charge >= 0.3 is 0 Å². The molecule has 1 aliphatic heterocycles. The first-order valence-electron chi connectivity index (χ1n) is 9.61. The Morgan fingerprint density at radius 3 is 2.62 bits per heavy atom. The SMILES string of the molecule is CCNC(=NCC(O)(CC)CC)NC1CCc2nc(C(C)C)nn2C1.I. The first-order chi connectivity index (χ1) is 11.9. The van der Waals surface area contributed by atoms with Gasteiger partial charge in [0.15, 0.2) is 11.8 Å². The summed E-state index contributed by atoms with van der Waals surface area (Å²) in [6.45, 7) is 12.3. The molecule has 2 heterocycles. The summed E-state index contributed by atoms with van der Waals surface area (Å²) in [6, 6.07) is 0.267. The second kappa shape index (κ2) is 10.4. The summed E-state index contributed by atoms with van der Waals surface area (Å²) >= 11 is 0. The van der Waals surface area contributed by atoms with Gasteiger partial charge in [-0.1, -0.05) is 27.7 Å². The third-order valence-corrected chi connectivity index (χ3v) is 4.92. The number of aliphatic imine (C=N–C) groups is 1. The lowest BCUT2D eigenvalue weighted by Gasteiger charge is -2.27. The molecule has 1 aromatic rings. The lowest BCUT2D eigenvalue weighted by atomic mass is 9.98. The first-order valence-corrected chi connectivity index (χ1v) is 9.61. The number of nitrogens with zero attached hydrogens (tertiary/aromatic N) is 4. The van der Waals surface area contributed by atoms with Gasteiger partial charge in [0.25, 0.3) is 0 Å². The van der Waals surface area contributed by atoms with E-state index in [1.165, 1.54) is 0 Å². The van der Waals surface area contributed by atoms with Crippen LogP contribution < -0.4 is 10.6 Å². The molecule has 0 aromatic carbocycles. The van der Waals surface area contributed by atoms with Crippen molar-refractivity contribution in [3.8, 4) is 0 Å². The van der Waals surface area contributed by atoms with Crippen LogP contribution in [-0.2, 0) is 13.0 Å². The Labute approximate surface area is 174 Å². The summed E-state index contributed by atoms with van der Waals surface area (Å²) in [5.74, 6) is 3.12. The van der Waals surface area contributed by atoms with Crippen LogP contribution in [0, 0.1) is 0 Å². The molecule has 0 saturated heterocycles. The van der Waals surface area contributed by atoms with Crippen molar-refractivity contribution in [3.05, 3.63) is 11.6 Å². The van der Waals surface area contributed by atoms with Crippen molar-refractivity contribution in [3.63, 3.8) is 0 Å². The Morgan fingerprint density at radius 2 is 2.04 bits per heavy atom. The van der Waals surface area contributed by atoms with Gasteiger partial charge in [-0.3, -0.25) is 4.99 Å². The van der Waals surface area contributed by atoms with Gasteiger partial charge in [0, 0.05) is 24.9 Å². The average Bonchev–Trinajstić information content (AvgIpc) is 3.03. The molecular formula is C18H35IN6O. The van der Waals surface area contributed by atoms with Gasteiger partial charge in [-0.25, -0.2) is 9.67 Å². The fourth-order valence-corrected chi connectivity index (χ4v) is 2.90. The summed E-state index contributed by atoms with van der Waals surface area (Å²) in [5, 5.41) is 21.9. The number of hydrogen-bond donors (Lipinski definition) is 3. The highest BCUT2D eigenvalue weighted by molar-refractivity contribution is 14.0. The second-order valence-corrected chi connectivity index (χ2v) is 7.23. The molecule has 0 amide bonds. The maximum absolute atomic E-state index is 10.5. The van der Waals surface area contributed by atoms with Crippen LogP contribution in [0.3, 0.4) is 0 Å². The number of aromatic nitrogens is 3. The number of fused-ring (bicyclic) bond motifs is 1. The summed E-state index contributed by atoms with van der Waals surface area (Å²) in [6.07, 6.45) is 3.34. The number of rotatable bonds is 7. The Morgan fingerprint density at radius 1 is 1.35 bits per heavy atom. The Bertz CT molecular complexity index is 582. The van der Waals surface area contributed by atoms with E-state index in [1.54, 1.807) is 0 Å². The number of guanidine groups is 1. The van der Waals surface area contributed by atoms with Gasteiger partial charge < -0.3 is 15.7 Å². The summed E-state index contributed by atoms with van der Waals surface area (Å²) in [7, 11) is 0. The van der Waals surface area contributed by atoms with Crippen molar-refractivity contribution in [2.24, 2.45) is 4.99 Å². The second-order valence-electron chi connectivity index (χ2n) is 7.23. The van der Waals surface area contributed by atoms with Crippen LogP contribution in [0.25, 0.3) is 0 Å². The summed E-state index contributed by atoms with van der Waals surface area (Å²) in [5.41, 5.74) is -0.722. The van der Waals surface area contributed by atoms with Gasteiger partial charge in [0.2, 0.25) is 0 Å². The number of hydrogen-bond acceptors (Lipinski definition) is 4. The number of aliphatic hydroxyl groups is 1. The molecule has 0 spiro atoms. The molecule has 1 aliphatic rings. The fourth-order valence-electron chi connectivity index (χ4n) is 2.90. The Balaban J connectivity index is 0.00000338. The summed E-state index contributed by atoms with van der Waals surface area (Å²) < 4.78 is 2.02. The molecule has 0 saturated carbocycles. The molecule has 0 bridgehead atoms. The van der Waals surface area contributed by atoms with Gasteiger partial charge in [-0.15, -0.1) is 24.0 Å². The van der Waals surface area contributed by atoms with Crippen molar-refractivity contribution in [1.29, 1.82) is 0 Å². The van der Waals surface area contributed by atoms with E-state index >= 15 is 0 Å². The third-order valence-electron chi connectivity index (χ3n) is 4.92. The van der Waals surface area contributed by atoms with E-state index in [2.05, 4.69) is 39.6 Å². The molecule has 1 aromatic heterocycles. The lowest BCUT2D eigenvalue weighted by molar-refractivity contribution is 0.0417. The van der Waals surface area contributed by atoms with E-state index in [0.29, 0.717) is 25.3 Å². The van der Waals surface area contributed by atoms with Crippen molar-refractivity contribution in [2.75, 3.05) is 13.1 Å². The van der Waals surface area contributed by atoms with E-state index < -0.39 is 5.60 Å². The third kappa shape index (κ3) is 6.07. The minimum absolute atomic E-state index is 0. The highest BCUT2D eigenvalue weighted by Crippen LogP contribution is 2.17. The van der Waals surface area contributed by atoms with Gasteiger partial charge in [-0.05, 0) is 26.2 Å². The van der Waals surface area contributed by atoms with Gasteiger partial charge in [0.1, 0.15) is 5.82 Å². The van der Waals surface area contributed by atoms with Gasteiger partial charge in [-0.2, -0.15) is 5.10 Å². The van der Waals surface area contributed by atoms with E-state index in [1.807, 2.05) is 25.5 Å². The molecule has 1 atom stereocenters. The van der Waals surface area contributed by atoms with Crippen LogP contribution in [0.15, 0.2) is 4.99 Å². The molecule has 8 heteroatoms. The molecule has 2 rings (SSSR count). The van der Waals surface area contributed by atoms with Crippen molar-refractivity contribution in [1.82, 2.24) is 25.4 Å². The molecule has 0 aliphatic carbocycles. The zero-order valence-corrected chi connectivity index (χ0v) is 19.1. The normalized spacial score (nSPS) is 17.7. The fraction of sp³-hybridized carbons (Fsp3) is 0.833. The van der Waals surface area contributed by atoms with Gasteiger partial charge in [0.05, 0.1) is 18.7 Å². The molecule has 3 N–H and O–H groups in total. The number of halogens is 1. The van der Waals surface area contributed by atoms with Crippen LogP contribution in [0.5, 0.6) is 0 Å². The van der Waals surface area contributed by atoms with Crippen LogP contribution in [0.2, 0.25) is 0 Å². The number of nitrogens with one attached hydrogen (secondary N) is 2. The smallest absolute Gasteiger partial charge is 0.191 e. The van der Waals surface area contributed by atoms with Crippen LogP contribution >= 0.6 is 24.0 Å². The topological polar surface area (TPSA) is 87.4 Å². The molecule has 7 nitrogen and oxygen atoms in total. The van der Waals surface area contributed by atoms with Crippen LogP contribution in [0.4, 0.5) is 0 Å². The maximum atomic E-state index is 10.5. The monoisotopic (exact) mass is 478 g/mol. The molecule has 0 radical (unpaired) electrons. The molecular weight excluding hydrogens is 443 g/mol. The zero-order chi connectivity index (χ0) is 18.4. The average molecular weight is 478 g/mol. The van der Waals surface area contributed by atoms with Crippen LogP contribution in [0.1, 0.15) is 71.4 Å². The summed E-state index contributed by atoms with van der Waals surface area (Å²) in [4.78, 5) is 9.25. The molecule has 1 unspecified atom stereocenters. The Kier molecular flexibility index (Phi) is 9.29. The highest BCUT2D eigenvalue weighted by atomic mass is 127. The van der Waals surface area contributed by atoms with E-state index in [9.17, 15) is 5.11 Å². The van der Waals surface area contributed by atoms with Crippen molar-refractivity contribution in [2.45, 2.75) is 84.4 Å². The van der Waals surface area contributed by atoms with E-state index in [4.69, 9.17) is 0 Å². The number of aryl methyl sites for hydroxylation is 1. The Hall–Kier alpha value is -0.900. The van der Waals surface area contributed by atoms with E-state index in [-0.39, 0.29) is 30.0 Å². The highest BCUT2D eigenvalue weighted by Gasteiger charge is 2.24. The minimum Gasteiger partial charge on any atom is -0.388 e. The van der Waals surface area contributed by atoms with E-state index in [0.717, 1.165) is 43.5 Å². The predicted molar refractivity (Wildman–Crippen MR) is 116 cm³/mol. The standard InChI is InChI=1S/C18H34N6O.HI/c1-6-18(25,7-2)12-20-17(19-8-3)21-14-9-10-15-22-16(13(4)5)23-24(15)11-14;/h13-14,25H,6-12H2,1-5H3,(H2,19,20,21);1H. The quantitative estimate of drug-likeness (QED) is 0.319. The van der Waals surface area contributed by atoms with Crippen LogP contribution in [-0.4, -0.2) is 50.6 Å². The minimum atomic E-state index is -0.722. The lowest BCUT2D eigenvalue weighted by Crippen LogP contribution is -2.47.